The van der Waals surface area contributed by atoms with E-state index in [1.807, 2.05) is 12.1 Å². The highest BCUT2D eigenvalue weighted by Gasteiger charge is 2.04. The minimum Gasteiger partial charge on any atom is -0.324 e. The first kappa shape index (κ1) is 12.7. The molecule has 0 radical (unpaired) electrons. The Balaban J connectivity index is 0.00000144. The maximum atomic E-state index is 11.9. The molecule has 13 heavy (non-hydrogen) atoms. The van der Waals surface area contributed by atoms with E-state index in [9.17, 15) is 4.39 Å². The van der Waals surface area contributed by atoms with Crippen molar-refractivity contribution in [1.82, 2.24) is 0 Å². The standard InChI is InChI=1S/C9H11ClFN.ClH/c10-8-3-1-2-7(6-8)9(12)4-5-11;/h1-3,6,9H,4-5,12H2;1H/t9-;/m0./s1. The summed E-state index contributed by atoms with van der Waals surface area (Å²) in [7, 11) is 0. The molecule has 4 heteroatoms. The molecule has 0 spiro atoms. The first-order valence-electron chi connectivity index (χ1n) is 3.81. The molecule has 74 valence electrons. The van der Waals surface area contributed by atoms with Crippen LogP contribution in [0.25, 0.3) is 0 Å². The van der Waals surface area contributed by atoms with E-state index in [-0.39, 0.29) is 18.4 Å². The topological polar surface area (TPSA) is 26.0 Å². The van der Waals surface area contributed by atoms with Crippen LogP contribution in [0.3, 0.4) is 0 Å². The lowest BCUT2D eigenvalue weighted by Crippen LogP contribution is -2.10. The van der Waals surface area contributed by atoms with Crippen molar-refractivity contribution in [3.05, 3.63) is 34.9 Å². The third-order valence-corrected chi connectivity index (χ3v) is 1.93. The summed E-state index contributed by atoms with van der Waals surface area (Å²) in [5, 5.41) is 0.641. The first-order chi connectivity index (χ1) is 5.74. The van der Waals surface area contributed by atoms with Gasteiger partial charge in [-0.1, -0.05) is 23.7 Å². The molecule has 0 heterocycles. The molecule has 1 aromatic carbocycles. The van der Waals surface area contributed by atoms with E-state index in [1.54, 1.807) is 12.1 Å². The van der Waals surface area contributed by atoms with Crippen molar-refractivity contribution < 1.29 is 4.39 Å². The summed E-state index contributed by atoms with van der Waals surface area (Å²) in [6.07, 6.45) is 0.348. The van der Waals surface area contributed by atoms with Crippen molar-refractivity contribution in [2.24, 2.45) is 5.73 Å². The van der Waals surface area contributed by atoms with Crippen molar-refractivity contribution in [3.63, 3.8) is 0 Å². The Bertz CT molecular complexity index is 255. The Labute approximate surface area is 88.5 Å². The molecule has 0 saturated carbocycles. The smallest absolute Gasteiger partial charge is 0.0912 e. The predicted octanol–water partition coefficient (Wildman–Crippen LogP) is 3.12. The van der Waals surface area contributed by atoms with Gasteiger partial charge in [0.05, 0.1) is 6.67 Å². The molecule has 1 rings (SSSR count). The maximum Gasteiger partial charge on any atom is 0.0912 e. The fourth-order valence-electron chi connectivity index (χ4n) is 1.02. The van der Waals surface area contributed by atoms with Crippen LogP contribution in [0.4, 0.5) is 4.39 Å². The summed E-state index contributed by atoms with van der Waals surface area (Å²) in [5.74, 6) is 0. The van der Waals surface area contributed by atoms with Gasteiger partial charge in [0.15, 0.2) is 0 Å². The zero-order chi connectivity index (χ0) is 8.97. The Kier molecular flexibility index (Phi) is 6.04. The van der Waals surface area contributed by atoms with E-state index >= 15 is 0 Å². The van der Waals surface area contributed by atoms with Gasteiger partial charge in [0.25, 0.3) is 0 Å². The minimum atomic E-state index is -0.395. The summed E-state index contributed by atoms with van der Waals surface area (Å²) >= 11 is 5.74. The fourth-order valence-corrected chi connectivity index (χ4v) is 1.22. The van der Waals surface area contributed by atoms with E-state index in [2.05, 4.69) is 0 Å². The molecule has 2 N–H and O–H groups in total. The fraction of sp³-hybridized carbons (Fsp3) is 0.333. The van der Waals surface area contributed by atoms with Crippen molar-refractivity contribution in [3.8, 4) is 0 Å². The summed E-state index contributed by atoms with van der Waals surface area (Å²) in [4.78, 5) is 0. The lowest BCUT2D eigenvalue weighted by atomic mass is 10.1. The molecular weight excluding hydrogens is 212 g/mol. The third kappa shape index (κ3) is 3.94. The number of halogens is 3. The largest absolute Gasteiger partial charge is 0.324 e. The summed E-state index contributed by atoms with van der Waals surface area (Å²) in [5.41, 5.74) is 6.56. The zero-order valence-corrected chi connectivity index (χ0v) is 8.61. The average Bonchev–Trinajstić information content (AvgIpc) is 2.05. The van der Waals surface area contributed by atoms with Crippen LogP contribution in [0.15, 0.2) is 24.3 Å². The third-order valence-electron chi connectivity index (χ3n) is 1.70. The van der Waals surface area contributed by atoms with Crippen molar-refractivity contribution in [2.45, 2.75) is 12.5 Å². The highest BCUT2D eigenvalue weighted by Crippen LogP contribution is 2.18. The summed E-state index contributed by atoms with van der Waals surface area (Å²) < 4.78 is 11.9. The molecule has 0 fully saturated rings. The normalized spacial score (nSPS) is 11.9. The van der Waals surface area contributed by atoms with E-state index in [0.29, 0.717) is 11.4 Å². The van der Waals surface area contributed by atoms with Crippen LogP contribution in [0.2, 0.25) is 5.02 Å². The molecule has 1 atom stereocenters. The van der Waals surface area contributed by atoms with Crippen molar-refractivity contribution >= 4 is 24.0 Å². The highest BCUT2D eigenvalue weighted by atomic mass is 35.5. The lowest BCUT2D eigenvalue weighted by molar-refractivity contribution is 0.442. The maximum absolute atomic E-state index is 11.9. The van der Waals surface area contributed by atoms with Gasteiger partial charge in [-0.05, 0) is 24.1 Å². The van der Waals surface area contributed by atoms with Crippen molar-refractivity contribution in [2.75, 3.05) is 6.67 Å². The Morgan fingerprint density at radius 2 is 2.15 bits per heavy atom. The molecule has 1 nitrogen and oxygen atoms in total. The molecule has 0 aromatic heterocycles. The Morgan fingerprint density at radius 1 is 1.46 bits per heavy atom. The van der Waals surface area contributed by atoms with Gasteiger partial charge in [-0.15, -0.1) is 12.4 Å². The zero-order valence-electron chi connectivity index (χ0n) is 7.04. The van der Waals surface area contributed by atoms with Gasteiger partial charge in [-0.25, -0.2) is 0 Å². The number of nitrogens with two attached hydrogens (primary N) is 1. The minimum absolute atomic E-state index is 0. The van der Waals surface area contributed by atoms with E-state index in [0.717, 1.165) is 5.56 Å². The second kappa shape index (κ2) is 6.19. The van der Waals surface area contributed by atoms with Gasteiger partial charge in [0, 0.05) is 11.1 Å². The molecule has 1 aromatic rings. The second-order valence-electron chi connectivity index (χ2n) is 2.64. The van der Waals surface area contributed by atoms with Gasteiger partial charge < -0.3 is 5.73 Å². The van der Waals surface area contributed by atoms with E-state index in [4.69, 9.17) is 17.3 Å². The highest BCUT2D eigenvalue weighted by molar-refractivity contribution is 6.30. The van der Waals surface area contributed by atoms with Gasteiger partial charge in [-0.3, -0.25) is 4.39 Å². The second-order valence-corrected chi connectivity index (χ2v) is 3.08. The molecule has 0 unspecified atom stereocenters. The molecule has 0 bridgehead atoms. The monoisotopic (exact) mass is 223 g/mol. The molecular formula is C9H12Cl2FN. The number of rotatable bonds is 3. The SMILES string of the molecule is Cl.N[C@@H](CCF)c1cccc(Cl)c1. The predicted molar refractivity (Wildman–Crippen MR) is 56.2 cm³/mol. The summed E-state index contributed by atoms with van der Waals surface area (Å²) in [6, 6.07) is 6.96. The molecule has 0 aliphatic rings. The Morgan fingerprint density at radius 3 is 2.69 bits per heavy atom. The molecule has 0 saturated heterocycles. The van der Waals surface area contributed by atoms with Gasteiger partial charge in [-0.2, -0.15) is 0 Å². The van der Waals surface area contributed by atoms with Crippen LogP contribution >= 0.6 is 24.0 Å². The number of alkyl halides is 1. The van der Waals surface area contributed by atoms with Gasteiger partial charge in [0.2, 0.25) is 0 Å². The van der Waals surface area contributed by atoms with Crippen LogP contribution < -0.4 is 5.73 Å². The van der Waals surface area contributed by atoms with Crippen LogP contribution in [0.5, 0.6) is 0 Å². The quantitative estimate of drug-likeness (QED) is 0.838. The van der Waals surface area contributed by atoms with Crippen LogP contribution in [0.1, 0.15) is 18.0 Å². The van der Waals surface area contributed by atoms with E-state index < -0.39 is 6.67 Å². The number of hydrogen-bond acceptors (Lipinski definition) is 1. The first-order valence-corrected chi connectivity index (χ1v) is 4.19. The lowest BCUT2D eigenvalue weighted by Gasteiger charge is -2.09. The van der Waals surface area contributed by atoms with E-state index in [1.165, 1.54) is 0 Å². The summed E-state index contributed by atoms with van der Waals surface area (Å²) in [6.45, 7) is -0.395. The van der Waals surface area contributed by atoms with Crippen LogP contribution in [-0.4, -0.2) is 6.67 Å². The van der Waals surface area contributed by atoms with Crippen LogP contribution in [0, 0.1) is 0 Å². The number of benzene rings is 1. The van der Waals surface area contributed by atoms with Crippen LogP contribution in [-0.2, 0) is 0 Å². The van der Waals surface area contributed by atoms with Crippen molar-refractivity contribution in [1.29, 1.82) is 0 Å². The average molecular weight is 224 g/mol. The van der Waals surface area contributed by atoms with Gasteiger partial charge >= 0.3 is 0 Å². The Hall–Kier alpha value is -0.310. The molecule has 0 aliphatic carbocycles. The number of hydrogen-bond donors (Lipinski definition) is 1. The molecule has 0 aliphatic heterocycles. The molecule has 0 amide bonds. The van der Waals surface area contributed by atoms with Gasteiger partial charge in [0.1, 0.15) is 0 Å².